The van der Waals surface area contributed by atoms with E-state index in [1.807, 2.05) is 75.4 Å². The number of carbonyl (C=O) groups excluding carboxylic acids is 2. The van der Waals surface area contributed by atoms with Crippen molar-refractivity contribution in [2.75, 3.05) is 17.5 Å². The number of nitrogens with one attached hydrogen (secondary N) is 1. The van der Waals surface area contributed by atoms with Crippen LogP contribution in [0, 0.1) is 13.8 Å². The minimum Gasteiger partial charge on any atom is -0.492 e. The van der Waals surface area contributed by atoms with Crippen LogP contribution in [0.15, 0.2) is 108 Å². The summed E-state index contributed by atoms with van der Waals surface area (Å²) < 4.78 is 35.8. The molecule has 2 amide bonds. The van der Waals surface area contributed by atoms with Gasteiger partial charge >= 0.3 is 0 Å². The van der Waals surface area contributed by atoms with Crippen molar-refractivity contribution in [3.05, 3.63) is 125 Å². The zero-order valence-corrected chi connectivity index (χ0v) is 28.8. The summed E-state index contributed by atoms with van der Waals surface area (Å²) in [5.41, 5.74) is 3.92. The van der Waals surface area contributed by atoms with Crippen LogP contribution < -0.4 is 14.4 Å². The van der Waals surface area contributed by atoms with Gasteiger partial charge in [0.2, 0.25) is 11.8 Å². The van der Waals surface area contributed by atoms with Crippen molar-refractivity contribution in [3.63, 3.8) is 0 Å². The summed E-state index contributed by atoms with van der Waals surface area (Å²) in [4.78, 5) is 30.6. The molecule has 252 valence electrons. The molecule has 0 saturated heterocycles. The van der Waals surface area contributed by atoms with E-state index in [1.165, 1.54) is 0 Å². The smallest absolute Gasteiger partial charge is 0.264 e. The van der Waals surface area contributed by atoms with Crippen LogP contribution >= 0.6 is 0 Å². The number of anilines is 1. The lowest BCUT2D eigenvalue weighted by Crippen LogP contribution is -2.54. The SMILES string of the molecule is CCOc1ccccc1N(CC(=O)N(Cc1cccc(C)c1)[C@@H](Cc1ccccc1)C(=O)NC1CCCC1)S(=O)(=O)c1ccc(C)cc1. The van der Waals surface area contributed by atoms with Gasteiger partial charge in [0.05, 0.1) is 17.2 Å². The summed E-state index contributed by atoms with van der Waals surface area (Å²) in [5.74, 6) is -0.399. The van der Waals surface area contributed by atoms with Gasteiger partial charge in [-0.3, -0.25) is 13.9 Å². The van der Waals surface area contributed by atoms with Gasteiger partial charge in [-0.1, -0.05) is 103 Å². The quantitative estimate of drug-likeness (QED) is 0.164. The Morgan fingerprint density at radius 3 is 2.19 bits per heavy atom. The first kappa shape index (κ1) is 34.7. The highest BCUT2D eigenvalue weighted by atomic mass is 32.2. The average molecular weight is 668 g/mol. The molecule has 5 rings (SSSR count). The van der Waals surface area contributed by atoms with Gasteiger partial charge in [-0.25, -0.2) is 8.42 Å². The molecule has 48 heavy (non-hydrogen) atoms. The van der Waals surface area contributed by atoms with E-state index >= 15 is 0 Å². The maximum absolute atomic E-state index is 14.8. The number of aryl methyl sites for hydroxylation is 2. The van der Waals surface area contributed by atoms with E-state index in [0.29, 0.717) is 12.4 Å². The lowest BCUT2D eigenvalue weighted by molar-refractivity contribution is -0.140. The van der Waals surface area contributed by atoms with Gasteiger partial charge in [0.1, 0.15) is 18.3 Å². The first-order valence-electron chi connectivity index (χ1n) is 16.7. The molecule has 1 aliphatic rings. The van der Waals surface area contributed by atoms with Gasteiger partial charge in [0.25, 0.3) is 10.0 Å². The number of hydrogen-bond donors (Lipinski definition) is 1. The topological polar surface area (TPSA) is 96.0 Å². The highest BCUT2D eigenvalue weighted by Crippen LogP contribution is 2.33. The molecule has 1 aliphatic carbocycles. The molecule has 1 fully saturated rings. The third-order valence-corrected chi connectivity index (χ3v) is 10.5. The predicted molar refractivity (Wildman–Crippen MR) is 189 cm³/mol. The number of ether oxygens (including phenoxy) is 1. The average Bonchev–Trinajstić information content (AvgIpc) is 3.59. The van der Waals surface area contributed by atoms with E-state index in [1.54, 1.807) is 53.4 Å². The number of nitrogens with zero attached hydrogens (tertiary/aromatic N) is 2. The lowest BCUT2D eigenvalue weighted by Gasteiger charge is -2.34. The highest BCUT2D eigenvalue weighted by Gasteiger charge is 2.36. The fourth-order valence-electron chi connectivity index (χ4n) is 6.22. The molecule has 8 nitrogen and oxygen atoms in total. The fourth-order valence-corrected chi connectivity index (χ4v) is 7.64. The molecular weight excluding hydrogens is 623 g/mol. The van der Waals surface area contributed by atoms with Crippen molar-refractivity contribution in [2.45, 2.75) is 76.4 Å². The molecule has 4 aromatic rings. The molecule has 0 aliphatic heterocycles. The highest BCUT2D eigenvalue weighted by molar-refractivity contribution is 7.92. The zero-order chi connectivity index (χ0) is 34.1. The van der Waals surface area contributed by atoms with Crippen molar-refractivity contribution in [1.29, 1.82) is 0 Å². The van der Waals surface area contributed by atoms with Crippen LogP contribution in [0.25, 0.3) is 0 Å². The number of sulfonamides is 1. The Morgan fingerprint density at radius 2 is 1.50 bits per heavy atom. The molecule has 9 heteroatoms. The van der Waals surface area contributed by atoms with Crippen LogP contribution in [0.2, 0.25) is 0 Å². The summed E-state index contributed by atoms with van der Waals surface area (Å²) in [7, 11) is -4.24. The van der Waals surface area contributed by atoms with E-state index in [4.69, 9.17) is 4.74 Å². The van der Waals surface area contributed by atoms with E-state index < -0.39 is 28.5 Å². The zero-order valence-electron chi connectivity index (χ0n) is 28.0. The summed E-state index contributed by atoms with van der Waals surface area (Å²) in [6, 6.07) is 30.0. The normalized spacial score (nSPS) is 13.9. The van der Waals surface area contributed by atoms with Crippen LogP contribution in [0.1, 0.15) is 54.9 Å². The van der Waals surface area contributed by atoms with Crippen molar-refractivity contribution >= 4 is 27.5 Å². The minimum absolute atomic E-state index is 0.0446. The van der Waals surface area contributed by atoms with Gasteiger partial charge in [-0.05, 0) is 69.0 Å². The first-order chi connectivity index (χ1) is 23.2. The molecule has 1 N–H and O–H groups in total. The number of carbonyl (C=O) groups is 2. The molecule has 0 bridgehead atoms. The Bertz CT molecular complexity index is 1790. The summed E-state index contributed by atoms with van der Waals surface area (Å²) in [6.45, 7) is 5.58. The maximum atomic E-state index is 14.8. The first-order valence-corrected chi connectivity index (χ1v) is 18.1. The number of amides is 2. The molecule has 1 saturated carbocycles. The van der Waals surface area contributed by atoms with Crippen LogP contribution in [-0.2, 0) is 32.6 Å². The number of hydrogen-bond acceptors (Lipinski definition) is 5. The standard InChI is InChI=1S/C39H45N3O5S/c1-4-47-37-20-11-10-19-35(37)42(48(45,46)34-23-21-29(2)22-24-34)28-38(43)41(27-32-16-12-13-30(3)25-32)36(26-31-14-6-5-7-15-31)39(44)40-33-17-8-9-18-33/h5-7,10-16,19-25,33,36H,4,8-9,17-18,26-28H2,1-3H3,(H,40,44)/t36-/m0/s1. The van der Waals surface area contributed by atoms with Crippen LogP contribution in [0.4, 0.5) is 5.69 Å². The second-order valence-corrected chi connectivity index (χ2v) is 14.3. The third kappa shape index (κ3) is 8.63. The predicted octanol–water partition coefficient (Wildman–Crippen LogP) is 6.60. The van der Waals surface area contributed by atoms with Crippen molar-refractivity contribution in [3.8, 4) is 5.75 Å². The molecule has 0 radical (unpaired) electrons. The van der Waals surface area contributed by atoms with E-state index in [9.17, 15) is 18.0 Å². The second kappa shape index (κ2) is 16.0. The van der Waals surface area contributed by atoms with Gasteiger partial charge in [-0.2, -0.15) is 0 Å². The Morgan fingerprint density at radius 1 is 0.833 bits per heavy atom. The van der Waals surface area contributed by atoms with Crippen molar-refractivity contribution in [2.24, 2.45) is 0 Å². The van der Waals surface area contributed by atoms with Crippen molar-refractivity contribution in [1.82, 2.24) is 10.2 Å². The molecule has 0 spiro atoms. The molecule has 0 unspecified atom stereocenters. The lowest BCUT2D eigenvalue weighted by atomic mass is 10.0. The molecular formula is C39H45N3O5S. The minimum atomic E-state index is -4.24. The maximum Gasteiger partial charge on any atom is 0.264 e. The molecule has 0 heterocycles. The Labute approximate surface area is 284 Å². The molecule has 1 atom stereocenters. The fraction of sp³-hybridized carbons (Fsp3) is 0.333. The van der Waals surface area contributed by atoms with Gasteiger partial charge in [0, 0.05) is 19.0 Å². The van der Waals surface area contributed by atoms with Crippen LogP contribution in [0.3, 0.4) is 0 Å². The Hall–Kier alpha value is -4.63. The summed E-state index contributed by atoms with van der Waals surface area (Å²) in [6.07, 6.45) is 4.16. The van der Waals surface area contributed by atoms with E-state index in [-0.39, 0.29) is 35.5 Å². The van der Waals surface area contributed by atoms with E-state index in [2.05, 4.69) is 5.32 Å². The van der Waals surface area contributed by atoms with E-state index in [0.717, 1.165) is 52.2 Å². The van der Waals surface area contributed by atoms with Gasteiger partial charge in [0.15, 0.2) is 0 Å². The van der Waals surface area contributed by atoms with Crippen LogP contribution in [0.5, 0.6) is 5.75 Å². The Balaban J connectivity index is 1.59. The largest absolute Gasteiger partial charge is 0.492 e. The van der Waals surface area contributed by atoms with Gasteiger partial charge < -0.3 is 15.0 Å². The number of benzene rings is 4. The van der Waals surface area contributed by atoms with Crippen LogP contribution in [-0.4, -0.2) is 50.4 Å². The van der Waals surface area contributed by atoms with Crippen molar-refractivity contribution < 1.29 is 22.7 Å². The Kier molecular flexibility index (Phi) is 11.5. The monoisotopic (exact) mass is 667 g/mol. The second-order valence-electron chi connectivity index (χ2n) is 12.4. The summed E-state index contributed by atoms with van der Waals surface area (Å²) >= 11 is 0. The summed E-state index contributed by atoms with van der Waals surface area (Å²) in [5, 5.41) is 3.22. The van der Waals surface area contributed by atoms with Gasteiger partial charge in [-0.15, -0.1) is 0 Å². The molecule has 4 aromatic carbocycles. The number of para-hydroxylation sites is 2. The molecule has 0 aromatic heterocycles. The third-order valence-electron chi connectivity index (χ3n) is 8.73. The number of rotatable bonds is 14.